The normalized spacial score (nSPS) is 31.4. The van der Waals surface area contributed by atoms with E-state index in [2.05, 4.69) is 10.6 Å². The maximum atomic E-state index is 14.8. The molecule has 4 aliphatic rings. The minimum Gasteiger partial charge on any atom is -0.353 e. The molecule has 5 nitrogen and oxygen atoms in total. The van der Waals surface area contributed by atoms with Gasteiger partial charge in [0.1, 0.15) is 22.7 Å². The van der Waals surface area contributed by atoms with E-state index in [9.17, 15) is 31.5 Å². The molecule has 164 valence electrons. The molecule has 1 aromatic rings. The van der Waals surface area contributed by atoms with Crippen molar-refractivity contribution in [3.63, 3.8) is 0 Å². The van der Waals surface area contributed by atoms with Crippen LogP contribution in [0.4, 0.5) is 26.7 Å². The lowest BCUT2D eigenvalue weighted by Crippen LogP contribution is -2.72. The number of carbonyl (C=O) groups is 2. The van der Waals surface area contributed by atoms with Crippen LogP contribution in [0.1, 0.15) is 37.8 Å². The summed E-state index contributed by atoms with van der Waals surface area (Å²) in [6.45, 7) is 1.93. The molecule has 2 atom stereocenters. The van der Waals surface area contributed by atoms with Gasteiger partial charge in [-0.2, -0.15) is 13.2 Å². The number of halogens is 6. The summed E-state index contributed by atoms with van der Waals surface area (Å²) < 4.78 is 68.3. The van der Waals surface area contributed by atoms with E-state index in [-0.39, 0.29) is 43.8 Å². The molecule has 1 aromatic carbocycles. The van der Waals surface area contributed by atoms with E-state index in [1.807, 2.05) is 0 Å². The smallest absolute Gasteiger partial charge is 0.353 e. The molecule has 5 rings (SSSR count). The van der Waals surface area contributed by atoms with Crippen molar-refractivity contribution in [1.29, 1.82) is 0 Å². The Bertz CT molecular complexity index is 902. The van der Waals surface area contributed by atoms with Crippen LogP contribution in [0.25, 0.3) is 0 Å². The van der Waals surface area contributed by atoms with Crippen LogP contribution >= 0.6 is 11.6 Å². The Balaban J connectivity index is 1.64. The van der Waals surface area contributed by atoms with Crippen LogP contribution < -0.4 is 10.6 Å². The Kier molecular flexibility index (Phi) is 4.72. The van der Waals surface area contributed by atoms with Crippen molar-refractivity contribution >= 4 is 23.5 Å². The lowest BCUT2D eigenvalue weighted by Gasteiger charge is -2.73. The standard InChI is InChI=1S/C19H19ClF5N3O2/c1-9-15(29)26-4-5-28(9)16(30)27-14(10-2-3-11(21)12(20)13(10)22)17-6-18(7-17,8-17)19(23,24)25/h2-3,9,14H,4-8H2,1H3,(H,26,29)(H,27,30)/t9-,14?,17?,18?/m1/s1. The number of amides is 3. The number of alkyl halides is 3. The second-order valence-corrected chi connectivity index (χ2v) is 8.86. The fourth-order valence-corrected chi connectivity index (χ4v) is 5.24. The van der Waals surface area contributed by atoms with Crippen LogP contribution in [-0.2, 0) is 4.79 Å². The molecular weight excluding hydrogens is 433 g/mol. The van der Waals surface area contributed by atoms with Crippen LogP contribution in [0.2, 0.25) is 5.02 Å². The van der Waals surface area contributed by atoms with Gasteiger partial charge in [-0.1, -0.05) is 17.7 Å². The summed E-state index contributed by atoms with van der Waals surface area (Å²) in [5, 5.41) is 4.43. The third-order valence-electron chi connectivity index (χ3n) is 6.69. The number of nitrogens with zero attached hydrogens (tertiary/aromatic N) is 1. The quantitative estimate of drug-likeness (QED) is 0.540. The second-order valence-electron chi connectivity index (χ2n) is 8.48. The lowest BCUT2D eigenvalue weighted by molar-refractivity contribution is -0.370. The molecule has 1 saturated heterocycles. The summed E-state index contributed by atoms with van der Waals surface area (Å²) in [5.74, 6) is -2.49. The molecule has 0 aromatic heterocycles. The van der Waals surface area contributed by atoms with Crippen molar-refractivity contribution in [2.75, 3.05) is 13.1 Å². The fourth-order valence-electron chi connectivity index (χ4n) is 5.06. The zero-order valence-corrected chi connectivity index (χ0v) is 16.6. The number of benzene rings is 1. The summed E-state index contributed by atoms with van der Waals surface area (Å²) in [4.78, 5) is 25.9. The molecule has 2 bridgehead atoms. The van der Waals surface area contributed by atoms with E-state index < -0.39 is 51.8 Å². The Labute approximate surface area is 173 Å². The van der Waals surface area contributed by atoms with Gasteiger partial charge in [0.25, 0.3) is 0 Å². The van der Waals surface area contributed by atoms with Gasteiger partial charge in [-0.3, -0.25) is 4.79 Å². The maximum Gasteiger partial charge on any atom is 0.394 e. The number of nitrogens with one attached hydrogen (secondary N) is 2. The summed E-state index contributed by atoms with van der Waals surface area (Å²) in [5.41, 5.74) is -3.00. The van der Waals surface area contributed by atoms with Crippen molar-refractivity contribution in [1.82, 2.24) is 15.5 Å². The van der Waals surface area contributed by atoms with Gasteiger partial charge in [0.05, 0.1) is 11.5 Å². The van der Waals surface area contributed by atoms with Gasteiger partial charge in [0, 0.05) is 18.7 Å². The van der Waals surface area contributed by atoms with Gasteiger partial charge in [0.2, 0.25) is 5.91 Å². The van der Waals surface area contributed by atoms with E-state index in [0.29, 0.717) is 0 Å². The van der Waals surface area contributed by atoms with E-state index in [0.717, 1.165) is 12.1 Å². The number of hydrogen-bond donors (Lipinski definition) is 2. The average Bonchev–Trinajstić information content (AvgIpc) is 2.58. The van der Waals surface area contributed by atoms with E-state index >= 15 is 0 Å². The fraction of sp³-hybridized carbons (Fsp3) is 0.579. The first-order valence-corrected chi connectivity index (χ1v) is 9.84. The van der Waals surface area contributed by atoms with Gasteiger partial charge in [0.15, 0.2) is 0 Å². The molecule has 1 unspecified atom stereocenters. The highest BCUT2D eigenvalue weighted by Gasteiger charge is 2.80. The maximum absolute atomic E-state index is 14.8. The molecular formula is C19H19ClF5N3O2. The summed E-state index contributed by atoms with van der Waals surface area (Å²) in [7, 11) is 0. The molecule has 1 heterocycles. The third kappa shape index (κ3) is 2.94. The molecule has 0 spiro atoms. The van der Waals surface area contributed by atoms with Crippen LogP contribution in [0, 0.1) is 22.5 Å². The number of rotatable bonds is 3. The molecule has 3 saturated carbocycles. The summed E-state index contributed by atoms with van der Waals surface area (Å²) >= 11 is 5.67. The first kappa shape index (κ1) is 21.1. The van der Waals surface area contributed by atoms with Gasteiger partial charge in [-0.25, -0.2) is 13.6 Å². The van der Waals surface area contributed by atoms with Crippen LogP contribution in [0.15, 0.2) is 12.1 Å². The highest BCUT2D eigenvalue weighted by atomic mass is 35.5. The average molecular weight is 452 g/mol. The zero-order chi connectivity index (χ0) is 22.1. The predicted molar refractivity (Wildman–Crippen MR) is 96.6 cm³/mol. The first-order chi connectivity index (χ1) is 13.9. The summed E-state index contributed by atoms with van der Waals surface area (Å²) in [6.07, 6.45) is -5.18. The van der Waals surface area contributed by atoms with Crippen molar-refractivity contribution in [3.8, 4) is 0 Å². The number of hydrogen-bond acceptors (Lipinski definition) is 2. The molecule has 2 N–H and O–H groups in total. The minimum absolute atomic E-state index is 0.167. The second kappa shape index (κ2) is 6.70. The molecule has 3 aliphatic carbocycles. The lowest BCUT2D eigenvalue weighted by atomic mass is 9.32. The van der Waals surface area contributed by atoms with Crippen LogP contribution in [-0.4, -0.2) is 42.1 Å². The van der Waals surface area contributed by atoms with E-state index in [4.69, 9.17) is 11.6 Å². The zero-order valence-electron chi connectivity index (χ0n) is 15.9. The Morgan fingerprint density at radius 2 is 1.93 bits per heavy atom. The molecule has 11 heteroatoms. The number of urea groups is 1. The monoisotopic (exact) mass is 451 g/mol. The highest BCUT2D eigenvalue weighted by Crippen LogP contribution is 2.81. The van der Waals surface area contributed by atoms with Gasteiger partial charge < -0.3 is 15.5 Å². The SMILES string of the molecule is C[C@@H]1C(=O)NCCN1C(=O)NC(c1ccc(F)c(Cl)c1F)C12CC(C(F)(F)F)(C1)C2. The number of piperazine rings is 1. The van der Waals surface area contributed by atoms with E-state index in [1.165, 1.54) is 11.8 Å². The molecule has 4 fully saturated rings. The topological polar surface area (TPSA) is 61.4 Å². The van der Waals surface area contributed by atoms with Crippen molar-refractivity contribution in [3.05, 3.63) is 34.4 Å². The number of carbonyl (C=O) groups excluding carboxylic acids is 2. The van der Waals surface area contributed by atoms with Gasteiger partial charge in [-0.05, 0) is 37.7 Å². The molecule has 0 radical (unpaired) electrons. The first-order valence-electron chi connectivity index (χ1n) is 9.46. The third-order valence-corrected chi connectivity index (χ3v) is 7.04. The van der Waals surface area contributed by atoms with Crippen molar-refractivity contribution in [2.45, 2.75) is 44.4 Å². The highest BCUT2D eigenvalue weighted by molar-refractivity contribution is 6.31. The van der Waals surface area contributed by atoms with Crippen molar-refractivity contribution < 1.29 is 31.5 Å². The summed E-state index contributed by atoms with van der Waals surface area (Å²) in [6, 6.07) is -0.621. The van der Waals surface area contributed by atoms with Crippen LogP contribution in [0.5, 0.6) is 0 Å². The predicted octanol–water partition coefficient (Wildman–Crippen LogP) is 3.92. The largest absolute Gasteiger partial charge is 0.394 e. The molecule has 30 heavy (non-hydrogen) atoms. The Morgan fingerprint density at radius 3 is 2.53 bits per heavy atom. The van der Waals surface area contributed by atoms with Gasteiger partial charge in [-0.15, -0.1) is 0 Å². The van der Waals surface area contributed by atoms with Gasteiger partial charge >= 0.3 is 12.2 Å². The van der Waals surface area contributed by atoms with Crippen molar-refractivity contribution in [2.24, 2.45) is 10.8 Å². The molecule has 1 aliphatic heterocycles. The minimum atomic E-state index is -4.39. The van der Waals surface area contributed by atoms with Crippen LogP contribution in [0.3, 0.4) is 0 Å². The Hall–Kier alpha value is -2.10. The Morgan fingerprint density at radius 1 is 1.30 bits per heavy atom. The molecule has 3 amide bonds. The van der Waals surface area contributed by atoms with E-state index in [1.54, 1.807) is 0 Å².